The fourth-order valence-corrected chi connectivity index (χ4v) is 3.44. The standard InChI is InChI=1S/C18H18N2O3.ClH/c19-17(21)16-15(11-6-2-1-3-7-11)14(10-20-16)12-8-4-5-9-13(12)18(22)23;/h1-9,14-16,20H,10H2,(H2,19,21)(H,22,23);1H/t14?,15-,16-;/m0./s1. The number of primary amides is 1. The minimum Gasteiger partial charge on any atom is -0.478 e. The van der Waals surface area contributed by atoms with Gasteiger partial charge in [-0.25, -0.2) is 4.79 Å². The van der Waals surface area contributed by atoms with Gasteiger partial charge < -0.3 is 16.2 Å². The van der Waals surface area contributed by atoms with E-state index in [4.69, 9.17) is 5.73 Å². The van der Waals surface area contributed by atoms with Crippen LogP contribution >= 0.6 is 12.4 Å². The van der Waals surface area contributed by atoms with E-state index >= 15 is 0 Å². The number of halogens is 1. The van der Waals surface area contributed by atoms with Crippen molar-refractivity contribution >= 4 is 24.3 Å². The lowest BCUT2D eigenvalue weighted by Crippen LogP contribution is -2.39. The Morgan fingerprint density at radius 1 is 1.04 bits per heavy atom. The summed E-state index contributed by atoms with van der Waals surface area (Å²) >= 11 is 0. The lowest BCUT2D eigenvalue weighted by atomic mass is 9.79. The first-order chi connectivity index (χ1) is 11.1. The van der Waals surface area contributed by atoms with Crippen molar-refractivity contribution in [1.29, 1.82) is 0 Å². The Labute approximate surface area is 146 Å². The molecular formula is C18H19ClN2O3. The Hall–Kier alpha value is -2.37. The average molecular weight is 347 g/mol. The van der Waals surface area contributed by atoms with E-state index < -0.39 is 17.9 Å². The molecular weight excluding hydrogens is 328 g/mol. The molecule has 5 nitrogen and oxygen atoms in total. The molecule has 6 heteroatoms. The number of carbonyl (C=O) groups is 2. The summed E-state index contributed by atoms with van der Waals surface area (Å²) in [5.74, 6) is -1.69. The molecule has 0 spiro atoms. The summed E-state index contributed by atoms with van der Waals surface area (Å²) in [4.78, 5) is 23.3. The van der Waals surface area contributed by atoms with Gasteiger partial charge in [-0.15, -0.1) is 12.4 Å². The molecule has 0 radical (unpaired) electrons. The largest absolute Gasteiger partial charge is 0.478 e. The highest BCUT2D eigenvalue weighted by molar-refractivity contribution is 5.90. The Kier molecular flexibility index (Phi) is 5.59. The van der Waals surface area contributed by atoms with E-state index in [1.54, 1.807) is 12.1 Å². The molecule has 2 aromatic rings. The van der Waals surface area contributed by atoms with E-state index in [0.29, 0.717) is 6.54 Å². The number of hydrogen-bond donors (Lipinski definition) is 3. The number of amides is 1. The van der Waals surface area contributed by atoms with Gasteiger partial charge >= 0.3 is 5.97 Å². The highest BCUT2D eigenvalue weighted by atomic mass is 35.5. The van der Waals surface area contributed by atoms with Crippen molar-refractivity contribution in [1.82, 2.24) is 5.32 Å². The van der Waals surface area contributed by atoms with E-state index in [1.165, 1.54) is 0 Å². The lowest BCUT2D eigenvalue weighted by Gasteiger charge is -2.24. The van der Waals surface area contributed by atoms with E-state index in [2.05, 4.69) is 5.32 Å². The molecule has 0 saturated carbocycles. The van der Waals surface area contributed by atoms with Gasteiger partial charge in [0.1, 0.15) is 0 Å². The first-order valence-electron chi connectivity index (χ1n) is 7.49. The van der Waals surface area contributed by atoms with Crippen LogP contribution in [-0.4, -0.2) is 29.6 Å². The Bertz CT molecular complexity index is 736. The first kappa shape index (κ1) is 18.0. The Balaban J connectivity index is 0.00000208. The van der Waals surface area contributed by atoms with Gasteiger partial charge in [0.25, 0.3) is 0 Å². The molecule has 1 saturated heterocycles. The summed E-state index contributed by atoms with van der Waals surface area (Å²) in [6, 6.07) is 16.0. The van der Waals surface area contributed by atoms with Crippen molar-refractivity contribution in [2.24, 2.45) is 5.73 Å². The predicted octanol–water partition coefficient (Wildman–Crippen LogP) is 2.13. The molecule has 4 N–H and O–H groups in total. The van der Waals surface area contributed by atoms with Crippen molar-refractivity contribution in [2.75, 3.05) is 6.54 Å². The van der Waals surface area contributed by atoms with Crippen LogP contribution in [0.5, 0.6) is 0 Å². The molecule has 1 unspecified atom stereocenters. The van der Waals surface area contributed by atoms with Crippen LogP contribution in [0.1, 0.15) is 33.3 Å². The molecule has 126 valence electrons. The number of rotatable bonds is 4. The Morgan fingerprint density at radius 3 is 2.29 bits per heavy atom. The monoisotopic (exact) mass is 346 g/mol. The van der Waals surface area contributed by atoms with Gasteiger partial charge in [0.05, 0.1) is 11.6 Å². The third-order valence-corrected chi connectivity index (χ3v) is 4.43. The van der Waals surface area contributed by atoms with Crippen molar-refractivity contribution < 1.29 is 14.7 Å². The fraction of sp³-hybridized carbons (Fsp3) is 0.222. The highest BCUT2D eigenvalue weighted by Crippen LogP contribution is 2.40. The molecule has 3 atom stereocenters. The third kappa shape index (κ3) is 3.27. The van der Waals surface area contributed by atoms with E-state index in [1.807, 2.05) is 42.5 Å². The topological polar surface area (TPSA) is 92.4 Å². The van der Waals surface area contributed by atoms with Crippen LogP contribution in [0.15, 0.2) is 54.6 Å². The number of nitrogens with one attached hydrogen (secondary N) is 1. The summed E-state index contributed by atoms with van der Waals surface area (Å²) in [5.41, 5.74) is 7.52. The minimum absolute atomic E-state index is 0. The zero-order chi connectivity index (χ0) is 16.4. The summed E-state index contributed by atoms with van der Waals surface area (Å²) < 4.78 is 0. The molecule has 0 aliphatic carbocycles. The molecule has 1 amide bonds. The number of carboxylic acid groups (broad SMARTS) is 1. The van der Waals surface area contributed by atoms with Crippen molar-refractivity contribution in [3.63, 3.8) is 0 Å². The van der Waals surface area contributed by atoms with Gasteiger partial charge in [-0.05, 0) is 17.2 Å². The first-order valence-corrected chi connectivity index (χ1v) is 7.49. The predicted molar refractivity (Wildman–Crippen MR) is 93.6 cm³/mol. The molecule has 24 heavy (non-hydrogen) atoms. The van der Waals surface area contributed by atoms with Crippen molar-refractivity contribution in [3.8, 4) is 0 Å². The van der Waals surface area contributed by atoms with Gasteiger partial charge in [-0.3, -0.25) is 4.79 Å². The molecule has 0 bridgehead atoms. The quantitative estimate of drug-likeness (QED) is 0.790. The zero-order valence-corrected chi connectivity index (χ0v) is 13.7. The highest BCUT2D eigenvalue weighted by Gasteiger charge is 2.41. The molecule has 1 aliphatic rings. The van der Waals surface area contributed by atoms with Crippen LogP contribution in [0.4, 0.5) is 0 Å². The second-order valence-corrected chi connectivity index (χ2v) is 5.72. The number of carboxylic acids is 1. The normalized spacial score (nSPS) is 22.6. The van der Waals surface area contributed by atoms with E-state index in [9.17, 15) is 14.7 Å². The van der Waals surface area contributed by atoms with Gasteiger partial charge in [-0.1, -0.05) is 48.5 Å². The molecule has 2 aromatic carbocycles. The molecule has 3 rings (SSSR count). The van der Waals surface area contributed by atoms with Crippen molar-refractivity contribution in [2.45, 2.75) is 17.9 Å². The number of carbonyl (C=O) groups excluding carboxylic acids is 1. The van der Waals surface area contributed by atoms with Crippen molar-refractivity contribution in [3.05, 3.63) is 71.3 Å². The molecule has 1 heterocycles. The summed E-state index contributed by atoms with van der Waals surface area (Å²) in [7, 11) is 0. The maximum absolute atomic E-state index is 11.8. The van der Waals surface area contributed by atoms with Crippen LogP contribution in [0.2, 0.25) is 0 Å². The number of benzene rings is 2. The number of nitrogens with two attached hydrogens (primary N) is 1. The third-order valence-electron chi connectivity index (χ3n) is 4.43. The van der Waals surface area contributed by atoms with Crippen LogP contribution in [-0.2, 0) is 4.79 Å². The lowest BCUT2D eigenvalue weighted by molar-refractivity contribution is -0.120. The smallest absolute Gasteiger partial charge is 0.335 e. The second kappa shape index (κ2) is 7.47. The SMILES string of the molecule is Cl.NC(=O)[C@H]1NCC(c2ccccc2C(=O)O)[C@@H]1c1ccccc1. The van der Waals surface area contributed by atoms with Gasteiger partial charge in [0.15, 0.2) is 0 Å². The Morgan fingerprint density at radius 2 is 1.67 bits per heavy atom. The molecule has 1 aliphatic heterocycles. The van der Waals surface area contributed by atoms with Gasteiger partial charge in [0, 0.05) is 18.4 Å². The van der Waals surface area contributed by atoms with Crippen LogP contribution in [0.3, 0.4) is 0 Å². The number of aromatic carboxylic acids is 1. The van der Waals surface area contributed by atoms with Crippen LogP contribution in [0, 0.1) is 0 Å². The van der Waals surface area contributed by atoms with E-state index in [0.717, 1.165) is 11.1 Å². The molecule has 0 aromatic heterocycles. The second-order valence-electron chi connectivity index (χ2n) is 5.72. The molecule has 1 fully saturated rings. The van der Waals surface area contributed by atoms with E-state index in [-0.39, 0.29) is 29.8 Å². The minimum atomic E-state index is -0.963. The zero-order valence-electron chi connectivity index (χ0n) is 12.9. The van der Waals surface area contributed by atoms with Gasteiger partial charge in [-0.2, -0.15) is 0 Å². The average Bonchev–Trinajstić information content (AvgIpc) is 3.00. The number of hydrogen-bond acceptors (Lipinski definition) is 3. The maximum Gasteiger partial charge on any atom is 0.335 e. The summed E-state index contributed by atoms with van der Waals surface area (Å²) in [5, 5.41) is 12.6. The summed E-state index contributed by atoms with van der Waals surface area (Å²) in [6.45, 7) is 0.511. The maximum atomic E-state index is 11.8. The summed E-state index contributed by atoms with van der Waals surface area (Å²) in [6.07, 6.45) is 0. The van der Waals surface area contributed by atoms with Crippen LogP contribution < -0.4 is 11.1 Å². The van der Waals surface area contributed by atoms with Gasteiger partial charge in [0.2, 0.25) is 5.91 Å². The fourth-order valence-electron chi connectivity index (χ4n) is 3.44. The van der Waals surface area contributed by atoms with Crippen LogP contribution in [0.25, 0.3) is 0 Å².